The van der Waals surface area contributed by atoms with Crippen LogP contribution in [-0.2, 0) is 0 Å². The second-order valence-electron chi connectivity index (χ2n) is 4.27. The summed E-state index contributed by atoms with van der Waals surface area (Å²) in [4.78, 5) is 0. The van der Waals surface area contributed by atoms with E-state index in [4.69, 9.17) is 0 Å². The van der Waals surface area contributed by atoms with Gasteiger partial charge in [-0.1, -0.05) is 50.6 Å². The molecule has 1 heterocycles. The van der Waals surface area contributed by atoms with Gasteiger partial charge >= 0.3 is 0 Å². The molecule has 11 heavy (non-hydrogen) atoms. The van der Waals surface area contributed by atoms with Gasteiger partial charge in [-0.2, -0.15) is 0 Å². The van der Waals surface area contributed by atoms with Crippen molar-refractivity contribution in [2.24, 2.45) is 5.41 Å². The Bertz CT molecular complexity index is 248. The molecular weight excluding hydrogens is 151 g/mol. The van der Waals surface area contributed by atoms with Crippen LogP contribution < -0.4 is 0 Å². The molecule has 0 saturated heterocycles. The molecule has 0 atom stereocenters. The SMILES string of the molecule is CC1(C)C=CC=P(C)(C)C=C1. The van der Waals surface area contributed by atoms with Crippen molar-refractivity contribution >= 4 is 12.7 Å². The fourth-order valence-electron chi connectivity index (χ4n) is 1.00. The van der Waals surface area contributed by atoms with E-state index in [-0.39, 0.29) is 5.41 Å². The highest BCUT2D eigenvalue weighted by Gasteiger charge is 2.11. The quantitative estimate of drug-likeness (QED) is 0.487. The smallest absolute Gasteiger partial charge is 0.00110 e. The van der Waals surface area contributed by atoms with Crippen LogP contribution in [0.15, 0.2) is 24.0 Å². The zero-order chi connectivity index (χ0) is 8.54. The van der Waals surface area contributed by atoms with E-state index in [9.17, 15) is 0 Å². The van der Waals surface area contributed by atoms with Gasteiger partial charge in [0.05, 0.1) is 0 Å². The molecule has 0 aromatic heterocycles. The minimum Gasteiger partial charge on any atom is -0.0909 e. The van der Waals surface area contributed by atoms with E-state index in [1.807, 2.05) is 0 Å². The monoisotopic (exact) mass is 168 g/mol. The van der Waals surface area contributed by atoms with Crippen LogP contribution in [0.1, 0.15) is 13.8 Å². The van der Waals surface area contributed by atoms with E-state index < -0.39 is 6.89 Å². The van der Waals surface area contributed by atoms with Crippen LogP contribution in [-0.4, -0.2) is 19.1 Å². The summed E-state index contributed by atoms with van der Waals surface area (Å²) in [5.74, 6) is 4.73. The zero-order valence-electron chi connectivity index (χ0n) is 7.83. The standard InChI is InChI=1S/C10H17P/c1-10(2)6-5-8-11(3,4)9-7-10/h5-9H,1-4H3. The number of hydrogen-bond acceptors (Lipinski definition) is 0. The Morgan fingerprint density at radius 3 is 2.36 bits per heavy atom. The van der Waals surface area contributed by atoms with Gasteiger partial charge in [-0.25, -0.2) is 0 Å². The zero-order valence-corrected chi connectivity index (χ0v) is 8.73. The van der Waals surface area contributed by atoms with Gasteiger partial charge in [-0.05, 0) is 13.3 Å². The van der Waals surface area contributed by atoms with Crippen molar-refractivity contribution in [2.45, 2.75) is 13.8 Å². The van der Waals surface area contributed by atoms with E-state index in [1.54, 1.807) is 0 Å². The molecule has 0 aliphatic carbocycles. The minimum absolute atomic E-state index is 0.254. The summed E-state index contributed by atoms with van der Waals surface area (Å²) < 4.78 is 0. The summed E-state index contributed by atoms with van der Waals surface area (Å²) in [5.41, 5.74) is 0.254. The van der Waals surface area contributed by atoms with E-state index in [0.717, 1.165) is 0 Å². The molecular formula is C10H17P. The van der Waals surface area contributed by atoms with Crippen molar-refractivity contribution in [2.75, 3.05) is 13.3 Å². The molecule has 0 aromatic carbocycles. The number of hydrogen-bond donors (Lipinski definition) is 0. The molecule has 0 amide bonds. The fourth-order valence-corrected chi connectivity index (χ4v) is 2.40. The molecule has 0 spiro atoms. The molecule has 0 fully saturated rings. The Kier molecular flexibility index (Phi) is 2.16. The lowest BCUT2D eigenvalue weighted by atomic mass is 9.94. The third-order valence-corrected chi connectivity index (χ3v) is 3.74. The van der Waals surface area contributed by atoms with E-state index in [1.165, 1.54) is 0 Å². The maximum absolute atomic E-state index is 2.38. The molecule has 0 unspecified atom stereocenters. The van der Waals surface area contributed by atoms with Crippen LogP contribution in [0.4, 0.5) is 0 Å². The predicted molar refractivity (Wildman–Crippen MR) is 56.9 cm³/mol. The van der Waals surface area contributed by atoms with Gasteiger partial charge in [0.15, 0.2) is 0 Å². The molecule has 1 aliphatic rings. The average molecular weight is 168 g/mol. The summed E-state index contributed by atoms with van der Waals surface area (Å²) >= 11 is 0. The molecule has 62 valence electrons. The third-order valence-electron chi connectivity index (χ3n) is 1.88. The van der Waals surface area contributed by atoms with Gasteiger partial charge in [0.1, 0.15) is 0 Å². The van der Waals surface area contributed by atoms with Crippen LogP contribution >= 0.6 is 6.89 Å². The summed E-state index contributed by atoms with van der Waals surface area (Å²) in [7, 11) is 0. The van der Waals surface area contributed by atoms with Crippen LogP contribution in [0.5, 0.6) is 0 Å². The largest absolute Gasteiger partial charge is 0.0909 e. The Labute approximate surface area is 70.0 Å². The molecule has 0 saturated carbocycles. The predicted octanol–water partition coefficient (Wildman–Crippen LogP) is 3.18. The molecule has 0 bridgehead atoms. The molecule has 0 radical (unpaired) electrons. The van der Waals surface area contributed by atoms with Gasteiger partial charge in [0.25, 0.3) is 0 Å². The van der Waals surface area contributed by atoms with E-state index in [2.05, 4.69) is 57.0 Å². The van der Waals surface area contributed by atoms with Gasteiger partial charge in [-0.15, -0.1) is 0 Å². The topological polar surface area (TPSA) is 0 Å². The van der Waals surface area contributed by atoms with Crippen LogP contribution in [0, 0.1) is 5.41 Å². The second kappa shape index (κ2) is 2.68. The van der Waals surface area contributed by atoms with Crippen LogP contribution in [0.2, 0.25) is 0 Å². The first-order valence-corrected chi connectivity index (χ1v) is 6.81. The van der Waals surface area contributed by atoms with Crippen molar-refractivity contribution in [1.29, 1.82) is 0 Å². The van der Waals surface area contributed by atoms with Crippen molar-refractivity contribution in [3.05, 3.63) is 24.0 Å². The van der Waals surface area contributed by atoms with Crippen LogP contribution in [0.3, 0.4) is 0 Å². The lowest BCUT2D eigenvalue weighted by molar-refractivity contribution is 0.628. The average Bonchev–Trinajstić information content (AvgIpc) is 1.92. The third kappa shape index (κ3) is 2.71. The summed E-state index contributed by atoms with van der Waals surface area (Å²) in [6.07, 6.45) is 6.80. The maximum Gasteiger partial charge on any atom is 0.00110 e. The Morgan fingerprint density at radius 1 is 1.09 bits per heavy atom. The maximum atomic E-state index is 2.38. The van der Waals surface area contributed by atoms with Crippen molar-refractivity contribution in [3.63, 3.8) is 0 Å². The summed E-state index contributed by atoms with van der Waals surface area (Å²) in [6.45, 7) is 8.28. The molecule has 1 heteroatoms. The first kappa shape index (κ1) is 8.87. The van der Waals surface area contributed by atoms with Crippen molar-refractivity contribution in [1.82, 2.24) is 0 Å². The summed E-state index contributed by atoms with van der Waals surface area (Å²) in [6, 6.07) is 0. The first-order chi connectivity index (χ1) is 4.91. The van der Waals surface area contributed by atoms with E-state index in [0.29, 0.717) is 0 Å². The van der Waals surface area contributed by atoms with Crippen molar-refractivity contribution in [3.8, 4) is 0 Å². The Morgan fingerprint density at radius 2 is 1.73 bits per heavy atom. The normalized spacial score (nSPS) is 25.8. The van der Waals surface area contributed by atoms with Gasteiger partial charge < -0.3 is 0 Å². The lowest BCUT2D eigenvalue weighted by Crippen LogP contribution is -2.00. The highest BCUT2D eigenvalue weighted by atomic mass is 31.2. The number of allylic oxidation sites excluding steroid dienone is 3. The molecule has 1 rings (SSSR count). The van der Waals surface area contributed by atoms with E-state index >= 15 is 0 Å². The highest BCUT2D eigenvalue weighted by Crippen LogP contribution is 2.42. The molecule has 0 N–H and O–H groups in total. The summed E-state index contributed by atoms with van der Waals surface area (Å²) in [5, 5.41) is 0. The number of rotatable bonds is 0. The van der Waals surface area contributed by atoms with Crippen molar-refractivity contribution < 1.29 is 0 Å². The van der Waals surface area contributed by atoms with Gasteiger partial charge in [0, 0.05) is 5.41 Å². The fraction of sp³-hybridized carbons (Fsp3) is 0.500. The van der Waals surface area contributed by atoms with Crippen LogP contribution in [0.25, 0.3) is 0 Å². The Balaban J connectivity index is 3.02. The lowest BCUT2D eigenvalue weighted by Gasteiger charge is -2.13. The second-order valence-corrected chi connectivity index (χ2v) is 8.13. The van der Waals surface area contributed by atoms with Gasteiger partial charge in [-0.3, -0.25) is 0 Å². The highest BCUT2D eigenvalue weighted by molar-refractivity contribution is 7.76. The van der Waals surface area contributed by atoms with Gasteiger partial charge in [0.2, 0.25) is 0 Å². The minimum atomic E-state index is -0.852. The molecule has 0 aromatic rings. The first-order valence-electron chi connectivity index (χ1n) is 3.99. The molecule has 1 aliphatic heterocycles. The molecule has 0 nitrogen and oxygen atoms in total. The Hall–Kier alpha value is -0.220.